The van der Waals surface area contributed by atoms with Gasteiger partial charge in [0.2, 0.25) is 11.9 Å². The van der Waals surface area contributed by atoms with E-state index >= 15 is 0 Å². The fourth-order valence-electron chi connectivity index (χ4n) is 4.40. The Labute approximate surface area is 227 Å². The van der Waals surface area contributed by atoms with Gasteiger partial charge < -0.3 is 15.4 Å². The highest BCUT2D eigenvalue weighted by molar-refractivity contribution is 6.05. The summed E-state index contributed by atoms with van der Waals surface area (Å²) in [6.07, 6.45) is 10.3. The maximum atomic E-state index is 14.5. The van der Waals surface area contributed by atoms with Crippen LogP contribution in [-0.4, -0.2) is 68.8 Å². The standard InChI is InChI=1S/C28H34FN7O3/c1-5-6-20(23-13-32-35(4)16-23)9-21-10-22(12-30-19(21)3)28(38)34-25-11-24(14-31-27(25)29)33-26(37)17-36-7-8-39-18(2)15-36/h9-14,16,18H,5-8,15,17H2,1-4H3,(H,33,37)(H,34,38)/b20-9+. The molecule has 4 heterocycles. The summed E-state index contributed by atoms with van der Waals surface area (Å²) in [6, 6.07) is 3.08. The highest BCUT2D eigenvalue weighted by Gasteiger charge is 2.20. The van der Waals surface area contributed by atoms with Crippen LogP contribution in [0.5, 0.6) is 0 Å². The van der Waals surface area contributed by atoms with Gasteiger partial charge >= 0.3 is 0 Å². The average Bonchev–Trinajstić information content (AvgIpc) is 3.33. The number of carbonyl (C=O) groups is 2. The number of hydrogen-bond donors (Lipinski definition) is 2. The van der Waals surface area contributed by atoms with E-state index < -0.39 is 11.9 Å². The van der Waals surface area contributed by atoms with Gasteiger partial charge in [0.05, 0.1) is 48.6 Å². The summed E-state index contributed by atoms with van der Waals surface area (Å²) in [4.78, 5) is 35.6. The van der Waals surface area contributed by atoms with Gasteiger partial charge in [-0.25, -0.2) is 4.98 Å². The molecule has 4 rings (SSSR count). The zero-order valence-electron chi connectivity index (χ0n) is 22.7. The van der Waals surface area contributed by atoms with Crippen LogP contribution in [0.1, 0.15) is 53.9 Å². The van der Waals surface area contributed by atoms with Crippen LogP contribution in [0.4, 0.5) is 15.8 Å². The maximum absolute atomic E-state index is 14.5. The molecule has 1 atom stereocenters. The number of carbonyl (C=O) groups excluding carboxylic acids is 2. The van der Waals surface area contributed by atoms with Crippen molar-refractivity contribution in [1.29, 1.82) is 0 Å². The van der Waals surface area contributed by atoms with Crippen molar-refractivity contribution in [3.63, 3.8) is 0 Å². The van der Waals surface area contributed by atoms with E-state index in [9.17, 15) is 14.0 Å². The van der Waals surface area contributed by atoms with Crippen molar-refractivity contribution in [2.75, 3.05) is 36.9 Å². The molecule has 2 amide bonds. The molecule has 10 nitrogen and oxygen atoms in total. The zero-order valence-corrected chi connectivity index (χ0v) is 22.7. The third-order valence-corrected chi connectivity index (χ3v) is 6.38. The molecule has 1 aliphatic heterocycles. The fourth-order valence-corrected chi connectivity index (χ4v) is 4.40. The summed E-state index contributed by atoms with van der Waals surface area (Å²) in [5.74, 6) is -1.65. The molecule has 0 spiro atoms. The molecule has 0 bridgehead atoms. The number of rotatable bonds is 9. The number of pyridine rings is 2. The van der Waals surface area contributed by atoms with Gasteiger partial charge in [0, 0.05) is 43.8 Å². The summed E-state index contributed by atoms with van der Waals surface area (Å²) >= 11 is 0. The third-order valence-electron chi connectivity index (χ3n) is 6.38. The molecular formula is C28H34FN7O3. The molecule has 2 N–H and O–H groups in total. The number of nitrogens with zero attached hydrogens (tertiary/aromatic N) is 5. The Bertz CT molecular complexity index is 1370. The topological polar surface area (TPSA) is 114 Å². The molecule has 3 aromatic rings. The van der Waals surface area contributed by atoms with E-state index in [4.69, 9.17) is 4.74 Å². The van der Waals surface area contributed by atoms with Crippen LogP contribution in [0.3, 0.4) is 0 Å². The number of amides is 2. The van der Waals surface area contributed by atoms with E-state index in [1.54, 1.807) is 10.7 Å². The smallest absolute Gasteiger partial charge is 0.257 e. The molecule has 1 fully saturated rings. The Kier molecular flexibility index (Phi) is 9.15. The Hall–Kier alpha value is -3.96. The summed E-state index contributed by atoms with van der Waals surface area (Å²) in [5.41, 5.74) is 4.04. The third kappa shape index (κ3) is 7.55. The van der Waals surface area contributed by atoms with Crippen molar-refractivity contribution in [2.24, 2.45) is 7.05 Å². The normalized spacial score (nSPS) is 16.2. The predicted octanol–water partition coefficient (Wildman–Crippen LogP) is 3.91. The first-order valence-corrected chi connectivity index (χ1v) is 13.0. The first kappa shape index (κ1) is 28.1. The lowest BCUT2D eigenvalue weighted by atomic mass is 10.00. The molecular weight excluding hydrogens is 501 g/mol. The highest BCUT2D eigenvalue weighted by atomic mass is 19.1. The Balaban J connectivity index is 1.48. The summed E-state index contributed by atoms with van der Waals surface area (Å²) in [5, 5.41) is 9.54. The highest BCUT2D eigenvalue weighted by Crippen LogP contribution is 2.25. The summed E-state index contributed by atoms with van der Waals surface area (Å²) < 4.78 is 21.7. The lowest BCUT2D eigenvalue weighted by Crippen LogP contribution is -2.44. The molecule has 0 radical (unpaired) electrons. The lowest BCUT2D eigenvalue weighted by molar-refractivity contribution is -0.119. The number of aromatic nitrogens is 4. The van der Waals surface area contributed by atoms with Crippen molar-refractivity contribution in [2.45, 2.75) is 39.7 Å². The molecule has 1 unspecified atom stereocenters. The zero-order chi connectivity index (χ0) is 27.9. The number of aryl methyl sites for hydroxylation is 2. The number of halogens is 1. The second kappa shape index (κ2) is 12.7. The van der Waals surface area contributed by atoms with Crippen LogP contribution in [0.2, 0.25) is 0 Å². The molecule has 206 valence electrons. The molecule has 11 heteroatoms. The van der Waals surface area contributed by atoms with Crippen molar-refractivity contribution in [3.8, 4) is 0 Å². The lowest BCUT2D eigenvalue weighted by Gasteiger charge is -2.30. The van der Waals surface area contributed by atoms with Crippen LogP contribution in [0.15, 0.2) is 36.9 Å². The van der Waals surface area contributed by atoms with E-state index in [0.717, 1.165) is 35.2 Å². The van der Waals surface area contributed by atoms with Crippen molar-refractivity contribution >= 4 is 34.8 Å². The number of hydrogen-bond acceptors (Lipinski definition) is 7. The Morgan fingerprint density at radius 1 is 1.18 bits per heavy atom. The van der Waals surface area contributed by atoms with E-state index in [1.807, 2.05) is 44.3 Å². The van der Waals surface area contributed by atoms with E-state index in [0.29, 0.717) is 19.7 Å². The molecule has 1 saturated heterocycles. The molecule has 0 aliphatic carbocycles. The summed E-state index contributed by atoms with van der Waals surface area (Å²) in [7, 11) is 1.86. The van der Waals surface area contributed by atoms with Crippen molar-refractivity contribution in [1.82, 2.24) is 24.6 Å². The quantitative estimate of drug-likeness (QED) is 0.399. The first-order chi connectivity index (χ1) is 18.7. The minimum atomic E-state index is -0.856. The molecule has 39 heavy (non-hydrogen) atoms. The maximum Gasteiger partial charge on any atom is 0.257 e. The van der Waals surface area contributed by atoms with Gasteiger partial charge in [0.25, 0.3) is 5.91 Å². The SMILES string of the molecule is CCC/C(=C\c1cc(C(=O)Nc2cc(NC(=O)CN3CCOC(C)C3)cnc2F)cnc1C)c1cnn(C)c1. The Morgan fingerprint density at radius 3 is 2.72 bits per heavy atom. The van der Waals surface area contributed by atoms with Gasteiger partial charge in [0.1, 0.15) is 0 Å². The second-order valence-corrected chi connectivity index (χ2v) is 9.70. The largest absolute Gasteiger partial charge is 0.376 e. The van der Waals surface area contributed by atoms with E-state index in [1.165, 1.54) is 18.5 Å². The minimum absolute atomic E-state index is 0.0571. The fraction of sp³-hybridized carbons (Fsp3) is 0.393. The Morgan fingerprint density at radius 2 is 2.00 bits per heavy atom. The van der Waals surface area contributed by atoms with Crippen LogP contribution in [0.25, 0.3) is 11.6 Å². The second-order valence-electron chi connectivity index (χ2n) is 9.70. The van der Waals surface area contributed by atoms with Gasteiger partial charge in [-0.2, -0.15) is 9.49 Å². The monoisotopic (exact) mass is 535 g/mol. The first-order valence-electron chi connectivity index (χ1n) is 13.0. The van der Waals surface area contributed by atoms with Gasteiger partial charge in [-0.1, -0.05) is 13.3 Å². The van der Waals surface area contributed by atoms with Crippen LogP contribution >= 0.6 is 0 Å². The number of allylic oxidation sites excluding steroid dienone is 1. The van der Waals surface area contributed by atoms with Gasteiger partial charge in [-0.15, -0.1) is 0 Å². The number of morpholine rings is 1. The van der Waals surface area contributed by atoms with E-state index in [-0.39, 0.29) is 35.5 Å². The van der Waals surface area contributed by atoms with Crippen LogP contribution < -0.4 is 10.6 Å². The molecule has 0 aromatic carbocycles. The molecule has 1 aliphatic rings. The summed E-state index contributed by atoms with van der Waals surface area (Å²) in [6.45, 7) is 7.98. The van der Waals surface area contributed by atoms with Crippen LogP contribution in [0, 0.1) is 12.9 Å². The van der Waals surface area contributed by atoms with Crippen molar-refractivity contribution in [3.05, 3.63) is 65.3 Å². The van der Waals surface area contributed by atoms with Gasteiger partial charge in [0.15, 0.2) is 0 Å². The van der Waals surface area contributed by atoms with E-state index in [2.05, 4.69) is 32.6 Å². The predicted molar refractivity (Wildman–Crippen MR) is 148 cm³/mol. The van der Waals surface area contributed by atoms with Gasteiger partial charge in [-0.3, -0.25) is 24.2 Å². The number of ether oxygens (including phenoxy) is 1. The number of anilines is 2. The molecule has 3 aromatic heterocycles. The van der Waals surface area contributed by atoms with Crippen LogP contribution in [-0.2, 0) is 16.6 Å². The minimum Gasteiger partial charge on any atom is -0.376 e. The van der Waals surface area contributed by atoms with Crippen molar-refractivity contribution < 1.29 is 18.7 Å². The number of nitrogens with one attached hydrogen (secondary N) is 2. The van der Waals surface area contributed by atoms with Gasteiger partial charge in [-0.05, 0) is 49.6 Å². The average molecular weight is 536 g/mol. The molecule has 0 saturated carbocycles.